The van der Waals surface area contributed by atoms with Crippen LogP contribution in [0.3, 0.4) is 0 Å². The highest BCUT2D eigenvalue weighted by molar-refractivity contribution is 6.31. The average molecular weight is 407 g/mol. The van der Waals surface area contributed by atoms with Crippen molar-refractivity contribution in [1.82, 2.24) is 5.32 Å². The summed E-state index contributed by atoms with van der Waals surface area (Å²) in [6, 6.07) is 20.1. The summed E-state index contributed by atoms with van der Waals surface area (Å²) in [7, 11) is 0. The van der Waals surface area contributed by atoms with Crippen LogP contribution in [0.4, 0.5) is 5.69 Å². The van der Waals surface area contributed by atoms with Crippen molar-refractivity contribution >= 4 is 29.1 Å². The molecule has 0 aliphatic carbocycles. The summed E-state index contributed by atoms with van der Waals surface area (Å²) < 4.78 is 5.92. The van der Waals surface area contributed by atoms with E-state index in [0.717, 1.165) is 16.7 Å². The van der Waals surface area contributed by atoms with Crippen molar-refractivity contribution in [2.24, 2.45) is 0 Å². The van der Waals surface area contributed by atoms with Crippen LogP contribution in [0.1, 0.15) is 22.6 Å². The Morgan fingerprint density at radius 3 is 2.21 bits per heavy atom. The number of fused-ring (bicyclic) bond motifs is 2. The van der Waals surface area contributed by atoms with Gasteiger partial charge in [0.05, 0.1) is 12.5 Å². The van der Waals surface area contributed by atoms with E-state index in [4.69, 9.17) is 16.3 Å². The molecule has 1 aliphatic heterocycles. The molecule has 0 fully saturated rings. The molecule has 0 radical (unpaired) electrons. The summed E-state index contributed by atoms with van der Waals surface area (Å²) in [5.41, 5.74) is 2.95. The van der Waals surface area contributed by atoms with Gasteiger partial charge in [0.1, 0.15) is 11.5 Å². The molecule has 3 aromatic carbocycles. The van der Waals surface area contributed by atoms with Gasteiger partial charge in [0.2, 0.25) is 11.8 Å². The third kappa shape index (κ3) is 3.82. The Kier molecular flexibility index (Phi) is 5.23. The van der Waals surface area contributed by atoms with E-state index in [-0.39, 0.29) is 18.4 Å². The van der Waals surface area contributed by atoms with Gasteiger partial charge >= 0.3 is 0 Å². The molecule has 29 heavy (non-hydrogen) atoms. The fourth-order valence-corrected chi connectivity index (χ4v) is 3.57. The highest BCUT2D eigenvalue weighted by Crippen LogP contribution is 2.43. The quantitative estimate of drug-likeness (QED) is 0.663. The first kappa shape index (κ1) is 19.0. The summed E-state index contributed by atoms with van der Waals surface area (Å²) in [6.07, 6.45) is 0. The Morgan fingerprint density at radius 2 is 1.55 bits per heavy atom. The zero-order valence-corrected chi connectivity index (χ0v) is 16.5. The molecule has 0 bridgehead atoms. The number of amides is 2. The smallest absolute Gasteiger partial charge is 0.243 e. The molecule has 3 aromatic rings. The van der Waals surface area contributed by atoms with E-state index in [2.05, 4.69) is 10.6 Å². The first-order chi connectivity index (χ1) is 14.0. The molecule has 0 atom stereocenters. The lowest BCUT2D eigenvalue weighted by atomic mass is 9.87. The molecule has 5 nitrogen and oxygen atoms in total. The maximum absolute atomic E-state index is 13.0. The van der Waals surface area contributed by atoms with Crippen molar-refractivity contribution < 1.29 is 14.3 Å². The van der Waals surface area contributed by atoms with Crippen molar-refractivity contribution in [2.75, 3.05) is 11.9 Å². The predicted molar refractivity (Wildman–Crippen MR) is 113 cm³/mol. The lowest BCUT2D eigenvalue weighted by Crippen LogP contribution is -2.37. The van der Waals surface area contributed by atoms with E-state index in [1.54, 1.807) is 18.2 Å². The van der Waals surface area contributed by atoms with Crippen LogP contribution in [0.5, 0.6) is 11.5 Å². The number of nitrogens with one attached hydrogen (secondary N) is 2. The van der Waals surface area contributed by atoms with Crippen molar-refractivity contribution in [3.63, 3.8) is 0 Å². The predicted octanol–water partition coefficient (Wildman–Crippen LogP) is 4.64. The summed E-state index contributed by atoms with van der Waals surface area (Å²) in [4.78, 5) is 25.4. The topological polar surface area (TPSA) is 67.4 Å². The van der Waals surface area contributed by atoms with Gasteiger partial charge < -0.3 is 15.4 Å². The van der Waals surface area contributed by atoms with E-state index in [0.29, 0.717) is 22.2 Å². The maximum Gasteiger partial charge on any atom is 0.243 e. The Balaban J connectivity index is 1.50. The van der Waals surface area contributed by atoms with Crippen LogP contribution in [0.15, 0.2) is 66.7 Å². The highest BCUT2D eigenvalue weighted by atomic mass is 35.5. The van der Waals surface area contributed by atoms with Gasteiger partial charge in [-0.3, -0.25) is 9.59 Å². The minimum Gasteiger partial charge on any atom is -0.457 e. The molecule has 0 unspecified atom stereocenters. The molecule has 1 aliphatic rings. The number of benzene rings is 3. The largest absolute Gasteiger partial charge is 0.457 e. The zero-order valence-electron chi connectivity index (χ0n) is 15.7. The van der Waals surface area contributed by atoms with E-state index in [9.17, 15) is 9.59 Å². The minimum atomic E-state index is -0.545. The number of para-hydroxylation sites is 2. The summed E-state index contributed by atoms with van der Waals surface area (Å²) in [5.74, 6) is 0.163. The fraction of sp³-hybridized carbons (Fsp3) is 0.130. The van der Waals surface area contributed by atoms with Crippen LogP contribution in [-0.2, 0) is 9.59 Å². The van der Waals surface area contributed by atoms with Gasteiger partial charge in [-0.15, -0.1) is 0 Å². The van der Waals surface area contributed by atoms with Gasteiger partial charge in [-0.2, -0.15) is 0 Å². The van der Waals surface area contributed by atoms with Crippen molar-refractivity contribution in [1.29, 1.82) is 0 Å². The number of carbonyl (C=O) groups is 2. The number of anilines is 1. The SMILES string of the molecule is Cc1c(Cl)cccc1NC(=O)CNC(=O)C1c2ccccc2Oc2ccccc21. The van der Waals surface area contributed by atoms with Gasteiger partial charge in [-0.05, 0) is 36.8 Å². The van der Waals surface area contributed by atoms with Gasteiger partial charge in [0.15, 0.2) is 0 Å². The lowest BCUT2D eigenvalue weighted by molar-refractivity contribution is -0.124. The van der Waals surface area contributed by atoms with Gasteiger partial charge in [0.25, 0.3) is 0 Å². The molecule has 1 heterocycles. The van der Waals surface area contributed by atoms with Gasteiger partial charge in [0, 0.05) is 21.8 Å². The first-order valence-corrected chi connectivity index (χ1v) is 9.61. The van der Waals surface area contributed by atoms with Gasteiger partial charge in [-0.1, -0.05) is 54.1 Å². The normalized spacial score (nSPS) is 12.3. The van der Waals surface area contributed by atoms with E-state index in [1.807, 2.05) is 55.5 Å². The molecule has 0 saturated heterocycles. The zero-order chi connectivity index (χ0) is 20.4. The lowest BCUT2D eigenvalue weighted by Gasteiger charge is -2.27. The molecule has 2 N–H and O–H groups in total. The Hall–Kier alpha value is -3.31. The van der Waals surface area contributed by atoms with Crippen LogP contribution in [-0.4, -0.2) is 18.4 Å². The number of ether oxygens (including phenoxy) is 1. The molecular formula is C23H19ClN2O3. The van der Waals surface area contributed by atoms with Gasteiger partial charge in [-0.25, -0.2) is 0 Å². The monoisotopic (exact) mass is 406 g/mol. The van der Waals surface area contributed by atoms with Crippen LogP contribution in [0.2, 0.25) is 5.02 Å². The Bertz CT molecular complexity index is 1050. The Morgan fingerprint density at radius 1 is 0.931 bits per heavy atom. The Labute approximate surface area is 173 Å². The van der Waals surface area contributed by atoms with Crippen LogP contribution >= 0.6 is 11.6 Å². The molecule has 4 rings (SSSR count). The molecule has 6 heteroatoms. The second-order valence-electron chi connectivity index (χ2n) is 6.79. The number of carbonyl (C=O) groups excluding carboxylic acids is 2. The van der Waals surface area contributed by atoms with Crippen LogP contribution in [0, 0.1) is 6.92 Å². The third-order valence-electron chi connectivity index (χ3n) is 4.91. The molecule has 0 aromatic heterocycles. The summed E-state index contributed by atoms with van der Waals surface area (Å²) in [6.45, 7) is 1.68. The standard InChI is InChI=1S/C23H19ClN2O3/c1-14-17(24)9-6-10-18(14)26-21(27)13-25-23(28)22-15-7-2-4-11-19(15)29-20-12-5-3-8-16(20)22/h2-12,22H,13H2,1H3,(H,25,28)(H,26,27). The first-order valence-electron chi connectivity index (χ1n) is 9.23. The van der Waals surface area contributed by atoms with Crippen molar-refractivity contribution in [3.8, 4) is 11.5 Å². The molecule has 0 saturated carbocycles. The average Bonchev–Trinajstić information content (AvgIpc) is 2.73. The van der Waals surface area contributed by atoms with E-state index in [1.165, 1.54) is 0 Å². The fourth-order valence-electron chi connectivity index (χ4n) is 3.40. The van der Waals surface area contributed by atoms with E-state index >= 15 is 0 Å². The molecule has 2 amide bonds. The number of rotatable bonds is 4. The molecular weight excluding hydrogens is 388 g/mol. The number of hydrogen-bond donors (Lipinski definition) is 2. The minimum absolute atomic E-state index is 0.146. The van der Waals surface area contributed by atoms with Crippen molar-refractivity contribution in [2.45, 2.75) is 12.8 Å². The molecule has 146 valence electrons. The summed E-state index contributed by atoms with van der Waals surface area (Å²) >= 11 is 6.09. The highest BCUT2D eigenvalue weighted by Gasteiger charge is 2.32. The van der Waals surface area contributed by atoms with Crippen LogP contribution < -0.4 is 15.4 Å². The van der Waals surface area contributed by atoms with E-state index < -0.39 is 5.92 Å². The number of hydrogen-bond acceptors (Lipinski definition) is 3. The second-order valence-corrected chi connectivity index (χ2v) is 7.20. The third-order valence-corrected chi connectivity index (χ3v) is 5.32. The molecule has 0 spiro atoms. The summed E-state index contributed by atoms with van der Waals surface area (Å²) in [5, 5.41) is 6.11. The van der Waals surface area contributed by atoms with Crippen LogP contribution in [0.25, 0.3) is 0 Å². The van der Waals surface area contributed by atoms with Crippen molar-refractivity contribution in [3.05, 3.63) is 88.4 Å². The number of halogens is 1. The second kappa shape index (κ2) is 7.97. The maximum atomic E-state index is 13.0.